The molecule has 74 valence electrons. The van der Waals surface area contributed by atoms with E-state index in [1.165, 1.54) is 0 Å². The number of halogens is 1. The molecule has 4 nitrogen and oxygen atoms in total. The first-order valence-electron chi connectivity index (χ1n) is 4.41. The van der Waals surface area contributed by atoms with Gasteiger partial charge in [0.05, 0.1) is 0 Å². The summed E-state index contributed by atoms with van der Waals surface area (Å²) in [4.78, 5) is 4.30. The van der Waals surface area contributed by atoms with Crippen LogP contribution in [-0.4, -0.2) is 20.6 Å². The van der Waals surface area contributed by atoms with E-state index in [4.69, 9.17) is 17.3 Å². The molecule has 0 aromatic carbocycles. The Labute approximate surface area is 86.7 Å². The molecule has 2 rings (SSSR count). The Balaban J connectivity index is 2.41. The molecule has 14 heavy (non-hydrogen) atoms. The van der Waals surface area contributed by atoms with Crippen LogP contribution in [0.4, 0.5) is 0 Å². The van der Waals surface area contributed by atoms with Crippen molar-refractivity contribution in [2.75, 3.05) is 0 Å². The summed E-state index contributed by atoms with van der Waals surface area (Å²) in [5.41, 5.74) is 6.42. The normalized spacial score (nSPS) is 13.4. The van der Waals surface area contributed by atoms with E-state index in [0.29, 0.717) is 11.4 Å². The summed E-state index contributed by atoms with van der Waals surface area (Å²) in [6.45, 7) is 1.93. The molecule has 0 bridgehead atoms. The van der Waals surface area contributed by atoms with Gasteiger partial charge in [-0.2, -0.15) is 5.10 Å². The van der Waals surface area contributed by atoms with Gasteiger partial charge in [0.2, 0.25) is 0 Å². The Morgan fingerprint density at radius 3 is 3.14 bits per heavy atom. The highest BCUT2D eigenvalue weighted by molar-refractivity contribution is 6.30. The van der Waals surface area contributed by atoms with E-state index in [-0.39, 0.29) is 6.04 Å². The molecule has 2 N–H and O–H groups in total. The molecule has 0 fully saturated rings. The second-order valence-corrected chi connectivity index (χ2v) is 3.79. The number of hydrogen-bond donors (Lipinski definition) is 1. The third-order valence-corrected chi connectivity index (χ3v) is 2.08. The van der Waals surface area contributed by atoms with Gasteiger partial charge in [0, 0.05) is 29.7 Å². The zero-order valence-corrected chi connectivity index (χ0v) is 8.57. The zero-order chi connectivity index (χ0) is 10.1. The quantitative estimate of drug-likeness (QED) is 0.812. The van der Waals surface area contributed by atoms with Crippen LogP contribution in [0.2, 0.25) is 5.02 Å². The molecule has 0 aliphatic carbocycles. The van der Waals surface area contributed by atoms with Crippen molar-refractivity contribution in [3.8, 4) is 0 Å². The van der Waals surface area contributed by atoms with Gasteiger partial charge in [0.15, 0.2) is 11.5 Å². The van der Waals surface area contributed by atoms with E-state index in [0.717, 1.165) is 11.5 Å². The van der Waals surface area contributed by atoms with Crippen LogP contribution >= 0.6 is 11.6 Å². The van der Waals surface area contributed by atoms with Gasteiger partial charge in [0.1, 0.15) is 0 Å². The van der Waals surface area contributed by atoms with Gasteiger partial charge in [-0.15, -0.1) is 0 Å². The molecule has 0 aliphatic heterocycles. The molecule has 0 saturated carbocycles. The number of pyridine rings is 1. The van der Waals surface area contributed by atoms with Crippen LogP contribution in [0.5, 0.6) is 0 Å². The lowest BCUT2D eigenvalue weighted by Crippen LogP contribution is -2.18. The van der Waals surface area contributed by atoms with Gasteiger partial charge in [-0.1, -0.05) is 11.6 Å². The Kier molecular flexibility index (Phi) is 2.39. The predicted octanol–water partition coefficient (Wildman–Crippen LogP) is 1.27. The molecule has 2 aromatic rings. The molecule has 0 amide bonds. The predicted molar refractivity (Wildman–Crippen MR) is 55.4 cm³/mol. The highest BCUT2D eigenvalue weighted by Crippen LogP contribution is 2.10. The Morgan fingerprint density at radius 1 is 1.64 bits per heavy atom. The van der Waals surface area contributed by atoms with Crippen LogP contribution in [0.1, 0.15) is 12.7 Å². The summed E-state index contributed by atoms with van der Waals surface area (Å²) in [6.07, 6.45) is 2.47. The van der Waals surface area contributed by atoms with Crippen LogP contribution in [0.25, 0.3) is 5.65 Å². The van der Waals surface area contributed by atoms with Gasteiger partial charge >= 0.3 is 0 Å². The number of nitrogens with zero attached hydrogens (tertiary/aromatic N) is 3. The minimum atomic E-state index is 0.0721. The van der Waals surface area contributed by atoms with E-state index < -0.39 is 0 Å². The summed E-state index contributed by atoms with van der Waals surface area (Å²) < 4.78 is 1.70. The van der Waals surface area contributed by atoms with Crippen LogP contribution < -0.4 is 5.73 Å². The largest absolute Gasteiger partial charge is 0.328 e. The van der Waals surface area contributed by atoms with E-state index >= 15 is 0 Å². The minimum absolute atomic E-state index is 0.0721. The third-order valence-electron chi connectivity index (χ3n) is 1.85. The smallest absolute Gasteiger partial charge is 0.157 e. The summed E-state index contributed by atoms with van der Waals surface area (Å²) in [6, 6.07) is 3.63. The standard InChI is InChI=1S/C9H11ClN4/c1-6(11)4-8-12-9-5-7(10)2-3-14(9)13-8/h2-3,5-6H,4,11H2,1H3. The van der Waals surface area contributed by atoms with Gasteiger partial charge in [-0.05, 0) is 13.0 Å². The van der Waals surface area contributed by atoms with Crippen molar-refractivity contribution < 1.29 is 0 Å². The summed E-state index contributed by atoms with van der Waals surface area (Å²) in [5, 5.41) is 4.93. The Morgan fingerprint density at radius 2 is 2.43 bits per heavy atom. The lowest BCUT2D eigenvalue weighted by molar-refractivity contribution is 0.700. The maximum absolute atomic E-state index is 5.83. The Hall–Kier alpha value is -1.13. The molecule has 0 aliphatic rings. The van der Waals surface area contributed by atoms with Crippen molar-refractivity contribution in [1.82, 2.24) is 14.6 Å². The number of rotatable bonds is 2. The van der Waals surface area contributed by atoms with Crippen molar-refractivity contribution in [2.24, 2.45) is 5.73 Å². The van der Waals surface area contributed by atoms with Gasteiger partial charge in [-0.25, -0.2) is 9.50 Å². The van der Waals surface area contributed by atoms with Gasteiger partial charge in [0.25, 0.3) is 0 Å². The van der Waals surface area contributed by atoms with Crippen LogP contribution in [-0.2, 0) is 6.42 Å². The van der Waals surface area contributed by atoms with Crippen LogP contribution in [0.3, 0.4) is 0 Å². The molecule has 1 unspecified atom stereocenters. The zero-order valence-electron chi connectivity index (χ0n) is 7.81. The highest BCUT2D eigenvalue weighted by Gasteiger charge is 2.05. The van der Waals surface area contributed by atoms with E-state index in [1.807, 2.05) is 6.92 Å². The van der Waals surface area contributed by atoms with Crippen molar-refractivity contribution in [3.63, 3.8) is 0 Å². The molecule has 1 atom stereocenters. The fourth-order valence-corrected chi connectivity index (χ4v) is 1.43. The summed E-state index contributed by atoms with van der Waals surface area (Å²) in [7, 11) is 0. The van der Waals surface area contributed by atoms with Crippen molar-refractivity contribution in [2.45, 2.75) is 19.4 Å². The van der Waals surface area contributed by atoms with Crippen LogP contribution in [0, 0.1) is 0 Å². The second-order valence-electron chi connectivity index (χ2n) is 3.36. The van der Waals surface area contributed by atoms with E-state index in [1.54, 1.807) is 22.8 Å². The van der Waals surface area contributed by atoms with E-state index in [2.05, 4.69) is 10.1 Å². The average molecular weight is 211 g/mol. The fraction of sp³-hybridized carbons (Fsp3) is 0.333. The fourth-order valence-electron chi connectivity index (χ4n) is 1.28. The molecule has 0 radical (unpaired) electrons. The summed E-state index contributed by atoms with van der Waals surface area (Å²) in [5.74, 6) is 0.752. The molecule has 0 saturated heterocycles. The first kappa shape index (κ1) is 9.43. The average Bonchev–Trinajstić information content (AvgIpc) is 2.44. The lowest BCUT2D eigenvalue weighted by Gasteiger charge is -1.97. The van der Waals surface area contributed by atoms with Crippen molar-refractivity contribution >= 4 is 17.2 Å². The van der Waals surface area contributed by atoms with Crippen molar-refractivity contribution in [3.05, 3.63) is 29.2 Å². The number of fused-ring (bicyclic) bond motifs is 1. The number of nitrogens with two attached hydrogens (primary N) is 1. The Bertz CT molecular complexity index is 449. The summed E-state index contributed by atoms with van der Waals surface area (Å²) >= 11 is 5.83. The minimum Gasteiger partial charge on any atom is -0.328 e. The maximum Gasteiger partial charge on any atom is 0.157 e. The first-order valence-corrected chi connectivity index (χ1v) is 4.79. The van der Waals surface area contributed by atoms with Gasteiger partial charge < -0.3 is 5.73 Å². The number of aromatic nitrogens is 3. The third kappa shape index (κ3) is 1.86. The maximum atomic E-state index is 5.83. The highest BCUT2D eigenvalue weighted by atomic mass is 35.5. The number of hydrogen-bond acceptors (Lipinski definition) is 3. The molecular weight excluding hydrogens is 200 g/mol. The SMILES string of the molecule is CC(N)Cc1nc2cc(Cl)ccn2n1. The monoisotopic (exact) mass is 210 g/mol. The van der Waals surface area contributed by atoms with Gasteiger partial charge in [-0.3, -0.25) is 0 Å². The van der Waals surface area contributed by atoms with E-state index in [9.17, 15) is 0 Å². The molecule has 5 heteroatoms. The molecule has 2 aromatic heterocycles. The lowest BCUT2D eigenvalue weighted by atomic mass is 10.2. The first-order chi connectivity index (χ1) is 6.65. The second kappa shape index (κ2) is 3.55. The molecule has 2 heterocycles. The molecule has 0 spiro atoms. The van der Waals surface area contributed by atoms with Crippen LogP contribution in [0.15, 0.2) is 18.3 Å². The topological polar surface area (TPSA) is 56.2 Å². The molecular formula is C9H11ClN4. The van der Waals surface area contributed by atoms with Crippen molar-refractivity contribution in [1.29, 1.82) is 0 Å².